The molecular weight excluding hydrogens is 589 g/mol. The van der Waals surface area contributed by atoms with Crippen LogP contribution >= 0.6 is 11.6 Å². The SMILES string of the molecule is COC(=O)N1CCC[C@@H](c2ccc(COc3c(Cl)cccc3-c3cccc(-n4ncc(C(=O)O)c4C(F)(F)F)n3)cc2)C1. The molecule has 0 saturated carbocycles. The smallest absolute Gasteiger partial charge is 0.434 e. The number of amides is 1. The maximum atomic E-state index is 13.8. The number of nitrogens with zero attached hydrogens (tertiary/aromatic N) is 4. The van der Waals surface area contributed by atoms with Gasteiger partial charge in [0.25, 0.3) is 0 Å². The third kappa shape index (κ3) is 6.43. The van der Waals surface area contributed by atoms with Crippen LogP contribution in [0.2, 0.25) is 5.02 Å². The monoisotopic (exact) mass is 614 g/mol. The molecule has 1 N–H and O–H groups in total. The highest BCUT2D eigenvalue weighted by Crippen LogP contribution is 2.38. The standard InChI is InChI=1S/C30H26ClF3N4O5/c1-42-29(41)37-14-4-5-20(16-37)19-12-10-18(11-13-19)17-43-26-21(6-2-7-23(26)31)24-8-3-9-25(36-24)38-27(30(32,33)34)22(15-35-38)28(39)40/h2-3,6-13,15,20H,4-5,14,16-17H2,1H3,(H,39,40)/t20-/m1/s1. The van der Waals surface area contributed by atoms with Crippen LogP contribution < -0.4 is 4.74 Å². The lowest BCUT2D eigenvalue weighted by molar-refractivity contribution is -0.143. The molecule has 3 heterocycles. The minimum absolute atomic E-state index is 0.148. The summed E-state index contributed by atoms with van der Waals surface area (Å²) in [6.07, 6.45) is -2.84. The van der Waals surface area contributed by atoms with E-state index < -0.39 is 23.4 Å². The molecule has 1 atom stereocenters. The van der Waals surface area contributed by atoms with Gasteiger partial charge in [-0.2, -0.15) is 18.3 Å². The van der Waals surface area contributed by atoms with Gasteiger partial charge in [-0.15, -0.1) is 0 Å². The Hall–Kier alpha value is -4.58. The van der Waals surface area contributed by atoms with Crippen LogP contribution in [0.3, 0.4) is 0 Å². The molecule has 0 radical (unpaired) electrons. The predicted molar refractivity (Wildman–Crippen MR) is 150 cm³/mol. The van der Waals surface area contributed by atoms with Crippen molar-refractivity contribution >= 4 is 23.7 Å². The van der Waals surface area contributed by atoms with Crippen molar-refractivity contribution in [1.82, 2.24) is 19.7 Å². The molecule has 2 aromatic carbocycles. The number of aromatic nitrogens is 3. The highest BCUT2D eigenvalue weighted by atomic mass is 35.5. The van der Waals surface area contributed by atoms with Gasteiger partial charge < -0.3 is 19.5 Å². The molecule has 1 fully saturated rings. The normalized spacial score (nSPS) is 15.3. The van der Waals surface area contributed by atoms with Gasteiger partial charge in [0, 0.05) is 24.6 Å². The quantitative estimate of drug-likeness (QED) is 0.243. The number of carboxylic acid groups (broad SMARTS) is 1. The first kappa shape index (κ1) is 29.9. The topological polar surface area (TPSA) is 107 Å². The van der Waals surface area contributed by atoms with E-state index in [9.17, 15) is 27.9 Å². The van der Waals surface area contributed by atoms with Crippen molar-refractivity contribution in [2.24, 2.45) is 0 Å². The number of hydrogen-bond acceptors (Lipinski definition) is 6. The Balaban J connectivity index is 1.37. The third-order valence-corrected chi connectivity index (χ3v) is 7.45. The molecule has 13 heteroatoms. The molecule has 0 spiro atoms. The second-order valence-corrected chi connectivity index (χ2v) is 10.3. The summed E-state index contributed by atoms with van der Waals surface area (Å²) in [4.78, 5) is 29.4. The molecule has 1 aliphatic heterocycles. The van der Waals surface area contributed by atoms with Crippen molar-refractivity contribution in [3.63, 3.8) is 0 Å². The summed E-state index contributed by atoms with van der Waals surface area (Å²) in [5, 5.41) is 13.2. The third-order valence-electron chi connectivity index (χ3n) is 7.15. The van der Waals surface area contributed by atoms with E-state index >= 15 is 0 Å². The number of para-hydroxylation sites is 1. The number of aromatic carboxylic acids is 1. The van der Waals surface area contributed by atoms with Crippen LogP contribution in [0.5, 0.6) is 5.75 Å². The average Bonchev–Trinajstić information content (AvgIpc) is 3.47. The average molecular weight is 615 g/mol. The molecule has 0 bridgehead atoms. The number of pyridine rings is 1. The summed E-state index contributed by atoms with van der Waals surface area (Å²) in [6.45, 7) is 1.40. The van der Waals surface area contributed by atoms with Gasteiger partial charge in [-0.05, 0) is 48.2 Å². The molecule has 1 saturated heterocycles. The number of rotatable bonds is 7. The van der Waals surface area contributed by atoms with Gasteiger partial charge >= 0.3 is 18.2 Å². The largest absolute Gasteiger partial charge is 0.487 e. The highest BCUT2D eigenvalue weighted by molar-refractivity contribution is 6.32. The molecule has 1 aliphatic rings. The molecule has 9 nitrogen and oxygen atoms in total. The molecule has 0 aliphatic carbocycles. The lowest BCUT2D eigenvalue weighted by Crippen LogP contribution is -2.38. The molecule has 2 aromatic heterocycles. The summed E-state index contributed by atoms with van der Waals surface area (Å²) in [5.41, 5.74) is 0.196. The number of carbonyl (C=O) groups excluding carboxylic acids is 1. The van der Waals surface area contributed by atoms with Crippen LogP contribution in [0.15, 0.2) is 66.9 Å². The molecule has 224 valence electrons. The minimum Gasteiger partial charge on any atom is -0.487 e. The summed E-state index contributed by atoms with van der Waals surface area (Å²) in [7, 11) is 1.37. The second-order valence-electron chi connectivity index (χ2n) is 9.90. The van der Waals surface area contributed by atoms with Crippen molar-refractivity contribution < 1.29 is 37.3 Å². The number of benzene rings is 2. The van der Waals surface area contributed by atoms with E-state index in [1.165, 1.54) is 19.2 Å². The Morgan fingerprint density at radius 3 is 2.53 bits per heavy atom. The summed E-state index contributed by atoms with van der Waals surface area (Å²) in [5.74, 6) is -1.51. The zero-order chi connectivity index (χ0) is 30.7. The van der Waals surface area contributed by atoms with E-state index in [0.29, 0.717) is 29.5 Å². The maximum Gasteiger partial charge on any atom is 0.434 e. The first-order valence-corrected chi connectivity index (χ1v) is 13.6. The molecule has 1 amide bonds. The van der Waals surface area contributed by atoms with Crippen LogP contribution in [0, 0.1) is 0 Å². The van der Waals surface area contributed by atoms with Crippen LogP contribution in [0.1, 0.15) is 45.9 Å². The maximum absolute atomic E-state index is 13.8. The van der Waals surface area contributed by atoms with E-state index in [2.05, 4.69) is 10.1 Å². The summed E-state index contributed by atoms with van der Waals surface area (Å²) >= 11 is 6.48. The van der Waals surface area contributed by atoms with Gasteiger partial charge in [-0.25, -0.2) is 19.3 Å². The molecular formula is C30H26ClF3N4O5. The molecule has 0 unspecified atom stereocenters. The van der Waals surface area contributed by atoms with Crippen molar-refractivity contribution in [2.45, 2.75) is 31.5 Å². The minimum atomic E-state index is -4.99. The number of ether oxygens (including phenoxy) is 2. The molecule has 5 rings (SSSR count). The van der Waals surface area contributed by atoms with E-state index in [-0.39, 0.29) is 40.9 Å². The fourth-order valence-corrected chi connectivity index (χ4v) is 5.31. The Labute approximate surface area is 249 Å². The van der Waals surface area contributed by atoms with Gasteiger partial charge in [-0.1, -0.05) is 48.0 Å². The fraction of sp³-hybridized carbons (Fsp3) is 0.267. The Bertz CT molecular complexity index is 1640. The van der Waals surface area contributed by atoms with Crippen molar-refractivity contribution in [1.29, 1.82) is 0 Å². The van der Waals surface area contributed by atoms with Crippen molar-refractivity contribution in [3.8, 4) is 22.8 Å². The lowest BCUT2D eigenvalue weighted by Gasteiger charge is -2.32. The first-order chi connectivity index (χ1) is 20.6. The Kier molecular flexibility index (Phi) is 8.58. The molecule has 4 aromatic rings. The summed E-state index contributed by atoms with van der Waals surface area (Å²) < 4.78 is 52.7. The number of carbonyl (C=O) groups is 2. The second kappa shape index (κ2) is 12.3. The van der Waals surface area contributed by atoms with Crippen LogP contribution in [0.25, 0.3) is 17.1 Å². The first-order valence-electron chi connectivity index (χ1n) is 13.3. The highest BCUT2D eigenvalue weighted by Gasteiger charge is 2.41. The number of halogens is 4. The Morgan fingerprint density at radius 1 is 1.09 bits per heavy atom. The van der Waals surface area contributed by atoms with E-state index in [0.717, 1.165) is 24.0 Å². The summed E-state index contributed by atoms with van der Waals surface area (Å²) in [6, 6.07) is 17.2. The van der Waals surface area contributed by atoms with E-state index in [1.807, 2.05) is 24.3 Å². The zero-order valence-corrected chi connectivity index (χ0v) is 23.6. The van der Waals surface area contributed by atoms with E-state index in [4.69, 9.17) is 21.1 Å². The number of likely N-dealkylation sites (tertiary alicyclic amines) is 1. The van der Waals surface area contributed by atoms with Gasteiger partial charge in [0.15, 0.2) is 11.5 Å². The number of methoxy groups -OCH3 is 1. The number of piperidine rings is 1. The van der Waals surface area contributed by atoms with Gasteiger partial charge in [0.05, 0.1) is 24.0 Å². The van der Waals surface area contributed by atoms with E-state index in [1.54, 1.807) is 29.2 Å². The zero-order valence-electron chi connectivity index (χ0n) is 22.8. The predicted octanol–water partition coefficient (Wildman–Crippen LogP) is 6.83. The number of carboxylic acids is 1. The van der Waals surface area contributed by atoms with Crippen LogP contribution in [-0.2, 0) is 17.5 Å². The van der Waals surface area contributed by atoms with Crippen molar-refractivity contribution in [3.05, 3.63) is 94.3 Å². The fourth-order valence-electron chi connectivity index (χ4n) is 5.09. The van der Waals surface area contributed by atoms with Crippen molar-refractivity contribution in [2.75, 3.05) is 20.2 Å². The number of hydrogen-bond donors (Lipinski definition) is 1. The van der Waals surface area contributed by atoms with Crippen LogP contribution in [-0.4, -0.2) is 57.0 Å². The molecule has 43 heavy (non-hydrogen) atoms. The number of alkyl halides is 3. The Morgan fingerprint density at radius 2 is 1.84 bits per heavy atom. The van der Waals surface area contributed by atoms with Gasteiger partial charge in [-0.3, -0.25) is 0 Å². The van der Waals surface area contributed by atoms with Crippen LogP contribution in [0.4, 0.5) is 18.0 Å². The van der Waals surface area contributed by atoms with Gasteiger partial charge in [0.2, 0.25) is 0 Å². The van der Waals surface area contributed by atoms with Gasteiger partial charge in [0.1, 0.15) is 17.9 Å². The lowest BCUT2D eigenvalue weighted by atomic mass is 9.90.